The molecule has 0 N–H and O–H groups in total. The SMILES string of the molecule is CN1c2ccccc2[Si]2(c3ccccc31)c1cccc3c1c1c2cc(Oc2cccc(N4CN(c5c(-c6ccccc6)cccc5-c5ccccc5)c5ccccc54)c2)cc1n3-c1cc(C(C)(C)C)ccn1. The van der Waals surface area contributed by atoms with E-state index in [0.29, 0.717) is 6.67 Å². The lowest BCUT2D eigenvalue weighted by atomic mass is 9.88. The first-order chi connectivity index (χ1) is 35.3. The summed E-state index contributed by atoms with van der Waals surface area (Å²) in [4.78, 5) is 12.4. The van der Waals surface area contributed by atoms with Gasteiger partial charge in [-0.25, -0.2) is 4.98 Å². The summed E-state index contributed by atoms with van der Waals surface area (Å²) in [5.74, 6) is 2.49. The molecule has 0 fully saturated rings. The van der Waals surface area contributed by atoms with Gasteiger partial charge in [0, 0.05) is 64.3 Å². The summed E-state index contributed by atoms with van der Waals surface area (Å²) in [6.45, 7) is 7.43. The Bertz CT molecular complexity index is 3860. The molecular weight excluding hydrogens is 895 g/mol. The summed E-state index contributed by atoms with van der Waals surface area (Å²) in [6.07, 6.45) is 1.97. The van der Waals surface area contributed by atoms with Gasteiger partial charge in [-0.3, -0.25) is 4.57 Å². The highest BCUT2D eigenvalue weighted by Crippen LogP contribution is 2.51. The van der Waals surface area contributed by atoms with Crippen LogP contribution in [-0.2, 0) is 5.41 Å². The molecule has 3 aliphatic heterocycles. The van der Waals surface area contributed by atoms with Crippen LogP contribution in [0.4, 0.5) is 34.1 Å². The molecule has 72 heavy (non-hydrogen) atoms. The number of aromatic nitrogens is 2. The van der Waals surface area contributed by atoms with Crippen molar-refractivity contribution in [2.45, 2.75) is 26.2 Å². The molecule has 11 aromatic rings. The van der Waals surface area contributed by atoms with Crippen LogP contribution in [0.2, 0.25) is 0 Å². The van der Waals surface area contributed by atoms with Gasteiger partial charge in [0.25, 0.3) is 0 Å². The number of benzene rings is 9. The second-order valence-electron chi connectivity index (χ2n) is 20.4. The van der Waals surface area contributed by atoms with Crippen LogP contribution >= 0.6 is 0 Å². The topological polar surface area (TPSA) is 36.8 Å². The molecule has 14 rings (SSSR count). The summed E-state index contributed by atoms with van der Waals surface area (Å²) in [7, 11) is -0.691. The molecule has 0 atom stereocenters. The average Bonchev–Trinajstić information content (AvgIpc) is 4.07. The van der Waals surface area contributed by atoms with E-state index in [1.54, 1.807) is 0 Å². The summed E-state index contributed by atoms with van der Waals surface area (Å²) in [5.41, 5.74) is 15.2. The van der Waals surface area contributed by atoms with Crippen LogP contribution in [0.15, 0.2) is 225 Å². The third-order valence-corrected chi connectivity index (χ3v) is 20.3. The summed E-state index contributed by atoms with van der Waals surface area (Å²) >= 11 is 0. The van der Waals surface area contributed by atoms with E-state index in [1.807, 2.05) is 6.20 Å². The van der Waals surface area contributed by atoms with E-state index in [9.17, 15) is 0 Å². The van der Waals surface area contributed by atoms with Gasteiger partial charge in [-0.1, -0.05) is 166 Å². The standard InChI is InChI=1S/C65H51N5OSi/c1-65(2,3)45-36-37-66-61(38-45)70-55-32-19-35-59-62(55)63-56(70)40-48(41-60(63)72(59)57-33-15-13-30-53(57)67(4)54-31-14-16-34-58(54)72)71-47-25-17-24-46(39-47)68-42-69(52-29-12-11-28-51(52)68)64-49(43-20-7-5-8-21-43)26-18-27-50(64)44-22-9-6-10-23-44/h5-41H,42H2,1-4H3. The van der Waals surface area contributed by atoms with Gasteiger partial charge in [-0.05, 0) is 104 Å². The third kappa shape index (κ3) is 6.17. The quantitative estimate of drug-likeness (QED) is 0.149. The maximum Gasteiger partial charge on any atom is 0.185 e. The van der Waals surface area contributed by atoms with Crippen molar-refractivity contribution in [3.8, 4) is 39.6 Å². The molecule has 0 unspecified atom stereocenters. The molecule has 0 aliphatic carbocycles. The number of hydrogen-bond donors (Lipinski definition) is 0. The Balaban J connectivity index is 0.934. The zero-order chi connectivity index (χ0) is 48.3. The zero-order valence-corrected chi connectivity index (χ0v) is 41.7. The van der Waals surface area contributed by atoms with E-state index in [-0.39, 0.29) is 5.41 Å². The van der Waals surface area contributed by atoms with E-state index in [2.05, 4.69) is 265 Å². The predicted octanol–water partition coefficient (Wildman–Crippen LogP) is 13.6. The van der Waals surface area contributed by atoms with Gasteiger partial charge in [0.05, 0.1) is 28.1 Å². The average molecular weight is 946 g/mol. The molecule has 6 nitrogen and oxygen atoms in total. The number of rotatable bonds is 7. The maximum atomic E-state index is 7.30. The third-order valence-electron chi connectivity index (χ3n) is 15.4. The summed E-state index contributed by atoms with van der Waals surface area (Å²) in [6, 6.07) is 79.9. The minimum Gasteiger partial charge on any atom is -0.457 e. The fraction of sp³-hybridized carbons (Fsp3) is 0.0923. The van der Waals surface area contributed by atoms with Gasteiger partial charge >= 0.3 is 0 Å². The van der Waals surface area contributed by atoms with Crippen LogP contribution in [0.5, 0.6) is 11.5 Å². The maximum absolute atomic E-state index is 7.30. The van der Waals surface area contributed by atoms with Crippen molar-refractivity contribution >= 4 is 84.8 Å². The van der Waals surface area contributed by atoms with Crippen molar-refractivity contribution in [2.75, 3.05) is 28.4 Å². The minimum absolute atomic E-state index is 0.0516. The minimum atomic E-state index is -2.91. The van der Waals surface area contributed by atoms with Crippen LogP contribution in [0.3, 0.4) is 0 Å². The highest BCUT2D eigenvalue weighted by molar-refractivity contribution is 7.24. The Labute approximate surface area is 421 Å². The number of pyridine rings is 1. The molecule has 5 heterocycles. The fourth-order valence-corrected chi connectivity index (χ4v) is 17.9. The van der Waals surface area contributed by atoms with Crippen molar-refractivity contribution in [2.24, 2.45) is 0 Å². The number of para-hydroxylation sites is 5. The number of hydrogen-bond acceptors (Lipinski definition) is 5. The monoisotopic (exact) mass is 945 g/mol. The van der Waals surface area contributed by atoms with Crippen LogP contribution in [0.1, 0.15) is 26.3 Å². The van der Waals surface area contributed by atoms with Gasteiger partial charge in [-0.2, -0.15) is 0 Å². The lowest BCUT2D eigenvalue weighted by Crippen LogP contribution is -2.75. The highest BCUT2D eigenvalue weighted by atomic mass is 28.3. The van der Waals surface area contributed by atoms with Crippen LogP contribution in [0.25, 0.3) is 49.9 Å². The van der Waals surface area contributed by atoms with Gasteiger partial charge in [-0.15, -0.1) is 0 Å². The van der Waals surface area contributed by atoms with Crippen LogP contribution < -0.4 is 40.2 Å². The summed E-state index contributed by atoms with van der Waals surface area (Å²) in [5, 5.41) is 8.18. The van der Waals surface area contributed by atoms with Gasteiger partial charge in [0.15, 0.2) is 8.07 Å². The summed E-state index contributed by atoms with van der Waals surface area (Å²) < 4.78 is 9.69. The molecule has 0 amide bonds. The lowest BCUT2D eigenvalue weighted by molar-refractivity contribution is 0.484. The molecule has 2 aromatic heterocycles. The molecule has 3 aliphatic rings. The van der Waals surface area contributed by atoms with E-state index >= 15 is 0 Å². The number of fused-ring (bicyclic) bond motifs is 7. The van der Waals surface area contributed by atoms with Crippen molar-refractivity contribution in [3.63, 3.8) is 0 Å². The fourth-order valence-electron chi connectivity index (χ4n) is 12.3. The largest absolute Gasteiger partial charge is 0.457 e. The second kappa shape index (κ2) is 15.9. The normalized spacial score (nSPS) is 14.1. The molecule has 0 saturated heterocycles. The number of nitrogens with zero attached hydrogens (tertiary/aromatic N) is 5. The van der Waals surface area contributed by atoms with Crippen molar-refractivity contribution in [3.05, 3.63) is 230 Å². The van der Waals surface area contributed by atoms with Crippen molar-refractivity contribution < 1.29 is 4.74 Å². The zero-order valence-electron chi connectivity index (χ0n) is 40.7. The van der Waals surface area contributed by atoms with Gasteiger partial charge in [0.2, 0.25) is 0 Å². The number of ether oxygens (including phenoxy) is 1. The molecule has 0 saturated carbocycles. The van der Waals surface area contributed by atoms with Crippen molar-refractivity contribution in [1.29, 1.82) is 0 Å². The van der Waals surface area contributed by atoms with E-state index < -0.39 is 8.07 Å². The van der Waals surface area contributed by atoms with E-state index in [1.165, 1.54) is 81.9 Å². The van der Waals surface area contributed by atoms with Crippen LogP contribution in [0, 0.1) is 0 Å². The van der Waals surface area contributed by atoms with Crippen molar-refractivity contribution in [1.82, 2.24) is 9.55 Å². The van der Waals surface area contributed by atoms with E-state index in [4.69, 9.17) is 9.72 Å². The van der Waals surface area contributed by atoms with Gasteiger partial charge < -0.3 is 19.4 Å². The number of anilines is 6. The first-order valence-electron chi connectivity index (χ1n) is 24.9. The highest BCUT2D eigenvalue weighted by Gasteiger charge is 2.53. The Morgan fingerprint density at radius 3 is 1.71 bits per heavy atom. The second-order valence-corrected chi connectivity index (χ2v) is 24.1. The van der Waals surface area contributed by atoms with E-state index in [0.717, 1.165) is 39.9 Å². The Kier molecular flexibility index (Phi) is 9.35. The molecular formula is C65H51N5OSi. The lowest BCUT2D eigenvalue weighted by Gasteiger charge is -2.42. The van der Waals surface area contributed by atoms with Gasteiger partial charge in [0.1, 0.15) is 24.0 Å². The molecule has 9 aromatic carbocycles. The molecule has 7 heteroatoms. The smallest absolute Gasteiger partial charge is 0.185 e. The van der Waals surface area contributed by atoms with Crippen LogP contribution in [-0.4, -0.2) is 31.3 Å². The molecule has 0 bridgehead atoms. The Morgan fingerprint density at radius 2 is 1.04 bits per heavy atom. The predicted molar refractivity (Wildman–Crippen MR) is 302 cm³/mol. The first-order valence-corrected chi connectivity index (χ1v) is 26.9. The first kappa shape index (κ1) is 42.2. The molecule has 1 spiro atoms. The Hall–Kier alpha value is -8.65. The Morgan fingerprint density at radius 1 is 0.472 bits per heavy atom. The molecule has 346 valence electrons. The molecule has 0 radical (unpaired) electrons.